The van der Waals surface area contributed by atoms with Crippen molar-refractivity contribution in [1.82, 2.24) is 9.97 Å². The summed E-state index contributed by atoms with van der Waals surface area (Å²) in [6.07, 6.45) is 2.90. The third-order valence-electron chi connectivity index (χ3n) is 3.85. The molecular weight excluding hydrogens is 481 g/mol. The van der Waals surface area contributed by atoms with E-state index in [0.717, 1.165) is 15.6 Å². The first-order valence-electron chi connectivity index (χ1n) is 9.20. The standard InChI is InChI=1S/C11H9FN2.C6H8BNO2.C5H3BrFN/c12-11-5-4-9(7-14-11)8-2-1-3-10(13)6-8;8-6-3-1-2-5(4-6)7(9)10;6-4-1-2-5(7)8-3-4/h1-7H,13H2;1-4,9-10H,8H2;1-3H. The Morgan fingerprint density at radius 1 is 0.719 bits per heavy atom. The number of hydrogen-bond donors (Lipinski definition) is 4. The predicted octanol–water partition coefficient (Wildman–Crippen LogP) is 3.40. The summed E-state index contributed by atoms with van der Waals surface area (Å²) in [5.41, 5.74) is 14.4. The quantitative estimate of drug-likeness (QED) is 0.190. The van der Waals surface area contributed by atoms with Crippen molar-refractivity contribution in [3.05, 3.63) is 102 Å². The van der Waals surface area contributed by atoms with Gasteiger partial charge in [-0.05, 0) is 75.5 Å². The van der Waals surface area contributed by atoms with Crippen molar-refractivity contribution in [2.45, 2.75) is 0 Å². The van der Waals surface area contributed by atoms with E-state index < -0.39 is 19.0 Å². The second kappa shape index (κ2) is 12.5. The van der Waals surface area contributed by atoms with Gasteiger partial charge in [-0.3, -0.25) is 0 Å². The molecule has 0 radical (unpaired) electrons. The molecule has 164 valence electrons. The monoisotopic (exact) mass is 500 g/mol. The Hall–Kier alpha value is -3.34. The highest BCUT2D eigenvalue weighted by atomic mass is 79.9. The number of nitrogens with two attached hydrogens (primary N) is 2. The summed E-state index contributed by atoms with van der Waals surface area (Å²) in [7, 11) is -1.43. The first kappa shape index (κ1) is 24.9. The molecule has 0 bridgehead atoms. The van der Waals surface area contributed by atoms with Gasteiger partial charge in [-0.1, -0.05) is 24.3 Å². The van der Waals surface area contributed by atoms with Crippen LogP contribution in [0.4, 0.5) is 20.2 Å². The zero-order chi connectivity index (χ0) is 23.5. The zero-order valence-corrected chi connectivity index (χ0v) is 18.3. The first-order chi connectivity index (χ1) is 15.2. The van der Waals surface area contributed by atoms with E-state index in [2.05, 4.69) is 25.9 Å². The molecule has 2 heterocycles. The number of rotatable bonds is 2. The highest BCUT2D eigenvalue weighted by molar-refractivity contribution is 9.10. The Kier molecular flexibility index (Phi) is 9.74. The highest BCUT2D eigenvalue weighted by Gasteiger charge is 2.09. The van der Waals surface area contributed by atoms with Gasteiger partial charge in [-0.15, -0.1) is 0 Å². The van der Waals surface area contributed by atoms with Crippen molar-refractivity contribution >= 4 is 39.9 Å². The molecule has 4 rings (SSSR count). The summed E-state index contributed by atoms with van der Waals surface area (Å²) in [4.78, 5) is 6.94. The van der Waals surface area contributed by atoms with Crippen molar-refractivity contribution in [1.29, 1.82) is 0 Å². The molecule has 0 aliphatic rings. The zero-order valence-electron chi connectivity index (χ0n) is 16.7. The molecule has 2 aromatic carbocycles. The molecule has 4 aromatic rings. The van der Waals surface area contributed by atoms with Gasteiger partial charge in [-0.25, -0.2) is 9.97 Å². The minimum absolute atomic E-state index is 0.417. The van der Waals surface area contributed by atoms with Gasteiger partial charge < -0.3 is 21.5 Å². The van der Waals surface area contributed by atoms with E-state index in [1.165, 1.54) is 30.6 Å². The van der Waals surface area contributed by atoms with Crippen LogP contribution in [0.2, 0.25) is 0 Å². The second-order valence-corrected chi connectivity index (χ2v) is 7.25. The lowest BCUT2D eigenvalue weighted by Crippen LogP contribution is -2.29. The molecule has 2 aromatic heterocycles. The number of aromatic nitrogens is 2. The number of pyridine rings is 2. The Bertz CT molecular complexity index is 1100. The summed E-state index contributed by atoms with van der Waals surface area (Å²) < 4.78 is 25.3. The molecule has 6 N–H and O–H groups in total. The van der Waals surface area contributed by atoms with E-state index in [1.807, 2.05) is 18.2 Å². The molecule has 0 unspecified atom stereocenters. The smallest absolute Gasteiger partial charge is 0.423 e. The van der Waals surface area contributed by atoms with E-state index in [0.29, 0.717) is 16.8 Å². The molecule has 0 atom stereocenters. The van der Waals surface area contributed by atoms with Gasteiger partial charge in [0, 0.05) is 33.8 Å². The van der Waals surface area contributed by atoms with Gasteiger partial charge in [0.05, 0.1) is 0 Å². The Labute approximate surface area is 192 Å². The summed E-state index contributed by atoms with van der Waals surface area (Å²) in [6, 6.07) is 19.8. The number of nitrogen functional groups attached to an aromatic ring is 2. The third-order valence-corrected chi connectivity index (χ3v) is 4.32. The lowest BCUT2D eigenvalue weighted by Gasteiger charge is -2.01. The molecule has 0 aliphatic carbocycles. The minimum atomic E-state index is -1.43. The van der Waals surface area contributed by atoms with E-state index in [-0.39, 0.29) is 0 Å². The first-order valence-corrected chi connectivity index (χ1v) is 10.00. The molecular formula is C22H20BBrF2N4O2. The van der Waals surface area contributed by atoms with Crippen LogP contribution in [0.25, 0.3) is 11.1 Å². The molecule has 0 saturated heterocycles. The van der Waals surface area contributed by atoms with Crippen molar-refractivity contribution in [2.24, 2.45) is 0 Å². The van der Waals surface area contributed by atoms with Crippen LogP contribution in [0.3, 0.4) is 0 Å². The molecule has 0 amide bonds. The van der Waals surface area contributed by atoms with Gasteiger partial charge in [0.25, 0.3) is 0 Å². The molecule has 0 spiro atoms. The van der Waals surface area contributed by atoms with Crippen molar-refractivity contribution < 1.29 is 18.8 Å². The SMILES string of the molecule is Fc1ccc(Br)cn1.Nc1cccc(-c2ccc(F)nc2)c1.Nc1cccc(B(O)O)c1. The average molecular weight is 501 g/mol. The molecule has 32 heavy (non-hydrogen) atoms. The third kappa shape index (κ3) is 8.80. The van der Waals surface area contributed by atoms with Crippen molar-refractivity contribution in [3.8, 4) is 11.1 Å². The van der Waals surface area contributed by atoms with Crippen molar-refractivity contribution in [2.75, 3.05) is 11.5 Å². The van der Waals surface area contributed by atoms with E-state index in [1.54, 1.807) is 36.4 Å². The number of nitrogens with zero attached hydrogens (tertiary/aromatic N) is 2. The van der Waals surface area contributed by atoms with Gasteiger partial charge in [0.1, 0.15) is 0 Å². The maximum absolute atomic E-state index is 12.5. The van der Waals surface area contributed by atoms with Gasteiger partial charge in [-0.2, -0.15) is 8.78 Å². The fourth-order valence-electron chi connectivity index (χ4n) is 2.34. The number of halogens is 3. The molecule has 0 aliphatic heterocycles. The van der Waals surface area contributed by atoms with Crippen LogP contribution in [-0.4, -0.2) is 27.1 Å². The Balaban J connectivity index is 0.000000178. The predicted molar refractivity (Wildman–Crippen MR) is 127 cm³/mol. The summed E-state index contributed by atoms with van der Waals surface area (Å²) in [5.74, 6) is -0.925. The van der Waals surface area contributed by atoms with Crippen LogP contribution < -0.4 is 16.9 Å². The second-order valence-electron chi connectivity index (χ2n) is 6.34. The fraction of sp³-hybridized carbons (Fsp3) is 0. The van der Waals surface area contributed by atoms with Crippen LogP contribution in [0, 0.1) is 11.9 Å². The minimum Gasteiger partial charge on any atom is -0.423 e. The van der Waals surface area contributed by atoms with Gasteiger partial charge in [0.2, 0.25) is 11.9 Å². The average Bonchev–Trinajstić information content (AvgIpc) is 2.77. The molecule has 6 nitrogen and oxygen atoms in total. The van der Waals surface area contributed by atoms with Crippen molar-refractivity contribution in [3.63, 3.8) is 0 Å². The maximum atomic E-state index is 12.5. The van der Waals surface area contributed by atoms with Gasteiger partial charge in [0.15, 0.2) is 0 Å². The topological polar surface area (TPSA) is 118 Å². The van der Waals surface area contributed by atoms with E-state index in [4.69, 9.17) is 21.5 Å². The van der Waals surface area contributed by atoms with E-state index >= 15 is 0 Å². The number of benzene rings is 2. The van der Waals surface area contributed by atoms with Gasteiger partial charge >= 0.3 is 7.12 Å². The van der Waals surface area contributed by atoms with Crippen LogP contribution in [0.15, 0.2) is 89.7 Å². The summed E-state index contributed by atoms with van der Waals surface area (Å²) in [6.45, 7) is 0. The van der Waals surface area contributed by atoms with Crippen LogP contribution in [-0.2, 0) is 0 Å². The molecule has 0 saturated carbocycles. The molecule has 10 heteroatoms. The largest absolute Gasteiger partial charge is 0.488 e. The number of anilines is 2. The lowest BCUT2D eigenvalue weighted by molar-refractivity contribution is 0.426. The van der Waals surface area contributed by atoms with Crippen LogP contribution in [0.5, 0.6) is 0 Å². The normalized spacial score (nSPS) is 9.66. The Morgan fingerprint density at radius 2 is 1.31 bits per heavy atom. The highest BCUT2D eigenvalue weighted by Crippen LogP contribution is 2.20. The fourth-order valence-corrected chi connectivity index (χ4v) is 2.58. The maximum Gasteiger partial charge on any atom is 0.488 e. The van der Waals surface area contributed by atoms with Crippen LogP contribution >= 0.6 is 15.9 Å². The lowest BCUT2D eigenvalue weighted by atomic mass is 9.80. The van der Waals surface area contributed by atoms with E-state index in [9.17, 15) is 8.78 Å². The number of hydrogen-bond acceptors (Lipinski definition) is 6. The Morgan fingerprint density at radius 3 is 1.75 bits per heavy atom. The summed E-state index contributed by atoms with van der Waals surface area (Å²) >= 11 is 3.12. The van der Waals surface area contributed by atoms with Crippen LogP contribution in [0.1, 0.15) is 0 Å². The summed E-state index contributed by atoms with van der Waals surface area (Å²) in [5, 5.41) is 17.3. The molecule has 0 fully saturated rings.